The highest BCUT2D eigenvalue weighted by molar-refractivity contribution is 9.10. The van der Waals surface area contributed by atoms with Crippen molar-refractivity contribution in [3.8, 4) is 0 Å². The highest BCUT2D eigenvalue weighted by Gasteiger charge is 2.32. The van der Waals surface area contributed by atoms with Crippen molar-refractivity contribution in [1.29, 1.82) is 0 Å². The third kappa shape index (κ3) is 4.44. The molecule has 2 aliphatic rings. The molecule has 1 aromatic heterocycles. The maximum atomic E-state index is 12.9. The number of esters is 1. The van der Waals surface area contributed by atoms with Crippen molar-refractivity contribution < 1.29 is 19.2 Å². The van der Waals surface area contributed by atoms with Crippen molar-refractivity contribution in [1.82, 2.24) is 0 Å². The molecule has 1 aromatic carbocycles. The Hall–Kier alpha value is -2.19. The summed E-state index contributed by atoms with van der Waals surface area (Å²) in [5.74, 6) is -0.681. The van der Waals surface area contributed by atoms with Crippen LogP contribution < -0.4 is 5.32 Å². The summed E-state index contributed by atoms with van der Waals surface area (Å²) >= 11 is 4.92. The molecule has 0 saturated carbocycles. The van der Waals surface area contributed by atoms with Crippen molar-refractivity contribution in [3.05, 3.63) is 50.3 Å². The summed E-state index contributed by atoms with van der Waals surface area (Å²) in [4.78, 5) is 32.2. The van der Waals surface area contributed by atoms with Crippen LogP contribution in [-0.4, -0.2) is 29.8 Å². The van der Waals surface area contributed by atoms with Gasteiger partial charge >= 0.3 is 5.97 Å². The second-order valence-corrected chi connectivity index (χ2v) is 9.73. The van der Waals surface area contributed by atoms with Crippen LogP contribution in [0.15, 0.2) is 33.9 Å². The summed E-state index contributed by atoms with van der Waals surface area (Å²) in [5, 5.41) is 7.57. The Kier molecular flexibility index (Phi) is 6.24. The number of nitrogens with one attached hydrogen (secondary N) is 1. The van der Waals surface area contributed by atoms with E-state index in [1.807, 2.05) is 38.1 Å². The third-order valence-corrected chi connectivity index (χ3v) is 6.77. The van der Waals surface area contributed by atoms with Crippen LogP contribution in [0.4, 0.5) is 5.00 Å². The van der Waals surface area contributed by atoms with E-state index in [0.29, 0.717) is 17.0 Å². The molecule has 0 saturated heterocycles. The fourth-order valence-corrected chi connectivity index (χ4v) is 5.37. The van der Waals surface area contributed by atoms with Crippen LogP contribution in [0.1, 0.15) is 59.5 Å². The van der Waals surface area contributed by atoms with Gasteiger partial charge in [-0.2, -0.15) is 0 Å². The Morgan fingerprint density at radius 1 is 1.30 bits per heavy atom. The van der Waals surface area contributed by atoms with E-state index in [2.05, 4.69) is 26.4 Å². The number of hydrogen-bond donors (Lipinski definition) is 1. The number of rotatable bonds is 5. The maximum Gasteiger partial charge on any atom is 0.341 e. The first-order valence-electron chi connectivity index (χ1n) is 10.1. The Morgan fingerprint density at radius 2 is 2.10 bits per heavy atom. The lowest BCUT2D eigenvalue weighted by Gasteiger charge is -2.14. The normalized spacial score (nSPS) is 17.9. The first-order chi connectivity index (χ1) is 14.4. The molecule has 1 atom stereocenters. The van der Waals surface area contributed by atoms with Gasteiger partial charge in [-0.1, -0.05) is 33.2 Å². The summed E-state index contributed by atoms with van der Waals surface area (Å²) in [6, 6.07) is 7.72. The smallest absolute Gasteiger partial charge is 0.341 e. The number of fused-ring (bicyclic) bond motifs is 1. The molecule has 1 N–H and O–H groups in total. The molecule has 0 fully saturated rings. The second-order valence-electron chi connectivity index (χ2n) is 7.70. The minimum absolute atomic E-state index is 0.223. The number of benzene rings is 1. The van der Waals surface area contributed by atoms with Gasteiger partial charge in [0.1, 0.15) is 5.00 Å². The predicted molar refractivity (Wildman–Crippen MR) is 120 cm³/mol. The SMILES string of the molecule is CC(C)OC(=O)c1c(NC(=O)C2CC(c3cccc(Br)c3)=NO2)sc2c1CCCC2. The van der Waals surface area contributed by atoms with Gasteiger partial charge < -0.3 is 14.9 Å². The van der Waals surface area contributed by atoms with Crippen LogP contribution in [-0.2, 0) is 27.2 Å². The average Bonchev–Trinajstić information content (AvgIpc) is 3.32. The highest BCUT2D eigenvalue weighted by atomic mass is 79.9. The number of carbonyl (C=O) groups is 2. The number of anilines is 1. The lowest BCUT2D eigenvalue weighted by Crippen LogP contribution is -2.28. The van der Waals surface area contributed by atoms with Crippen LogP contribution in [0.5, 0.6) is 0 Å². The van der Waals surface area contributed by atoms with Crippen LogP contribution in [0.3, 0.4) is 0 Å². The first kappa shape index (κ1) is 21.1. The molecule has 30 heavy (non-hydrogen) atoms. The largest absolute Gasteiger partial charge is 0.459 e. The summed E-state index contributed by atoms with van der Waals surface area (Å²) in [6.07, 6.45) is 3.31. The minimum atomic E-state index is -0.730. The van der Waals surface area contributed by atoms with Crippen molar-refractivity contribution in [2.45, 2.75) is 58.2 Å². The summed E-state index contributed by atoms with van der Waals surface area (Å²) in [6.45, 7) is 3.64. The number of nitrogens with zero attached hydrogens (tertiary/aromatic N) is 1. The molecular weight excluding hydrogens is 468 g/mol. The molecule has 2 aromatic rings. The van der Waals surface area contributed by atoms with Gasteiger partial charge in [0.2, 0.25) is 6.10 Å². The molecule has 1 aliphatic heterocycles. The van der Waals surface area contributed by atoms with Gasteiger partial charge in [0.25, 0.3) is 5.91 Å². The Bertz CT molecular complexity index is 1010. The van der Waals surface area contributed by atoms with Gasteiger partial charge in [-0.25, -0.2) is 4.79 Å². The van der Waals surface area contributed by atoms with E-state index in [-0.39, 0.29) is 18.0 Å². The molecule has 1 unspecified atom stereocenters. The van der Waals surface area contributed by atoms with Crippen LogP contribution >= 0.6 is 27.3 Å². The molecule has 0 bridgehead atoms. The van der Waals surface area contributed by atoms with E-state index >= 15 is 0 Å². The molecule has 4 rings (SSSR count). The van der Waals surface area contributed by atoms with Crippen molar-refractivity contribution in [2.24, 2.45) is 5.16 Å². The van der Waals surface area contributed by atoms with E-state index < -0.39 is 6.10 Å². The summed E-state index contributed by atoms with van der Waals surface area (Å²) < 4.78 is 6.39. The van der Waals surface area contributed by atoms with Crippen molar-refractivity contribution >= 4 is 49.9 Å². The number of oxime groups is 1. The third-order valence-electron chi connectivity index (χ3n) is 5.07. The Labute approximate surface area is 187 Å². The molecule has 0 spiro atoms. The molecular formula is C22H23BrN2O4S. The van der Waals surface area contributed by atoms with E-state index in [0.717, 1.165) is 51.9 Å². The predicted octanol–water partition coefficient (Wildman–Crippen LogP) is 5.09. The van der Waals surface area contributed by atoms with Crippen LogP contribution in [0, 0.1) is 0 Å². The quantitative estimate of drug-likeness (QED) is 0.592. The molecule has 2 heterocycles. The van der Waals surface area contributed by atoms with E-state index in [4.69, 9.17) is 9.57 Å². The lowest BCUT2D eigenvalue weighted by molar-refractivity contribution is -0.125. The number of carbonyl (C=O) groups excluding carboxylic acids is 2. The number of amides is 1. The summed E-state index contributed by atoms with van der Waals surface area (Å²) in [5.41, 5.74) is 3.15. The molecule has 1 amide bonds. The van der Waals surface area contributed by atoms with E-state index in [1.165, 1.54) is 11.3 Å². The Morgan fingerprint density at radius 3 is 2.87 bits per heavy atom. The van der Waals surface area contributed by atoms with E-state index in [1.54, 1.807) is 0 Å². The standard InChI is InChI=1S/C22H23BrN2O4S/c1-12(2)28-22(27)19-15-8-3-4-9-18(15)30-21(19)24-20(26)17-11-16(25-29-17)13-6-5-7-14(23)10-13/h5-7,10,12,17H,3-4,8-9,11H2,1-2H3,(H,24,26). The number of halogens is 1. The number of hydrogen-bond acceptors (Lipinski definition) is 6. The zero-order valence-electron chi connectivity index (χ0n) is 16.9. The fourth-order valence-electron chi connectivity index (χ4n) is 3.69. The lowest BCUT2D eigenvalue weighted by atomic mass is 9.95. The van der Waals surface area contributed by atoms with Crippen LogP contribution in [0.2, 0.25) is 0 Å². The molecule has 158 valence electrons. The second kappa shape index (κ2) is 8.89. The molecule has 6 nitrogen and oxygen atoms in total. The molecule has 8 heteroatoms. The number of ether oxygens (including phenoxy) is 1. The van der Waals surface area contributed by atoms with E-state index in [9.17, 15) is 9.59 Å². The zero-order chi connectivity index (χ0) is 21.3. The number of aryl methyl sites for hydroxylation is 1. The minimum Gasteiger partial charge on any atom is -0.459 e. The van der Waals surface area contributed by atoms with Gasteiger partial charge in [-0.05, 0) is 57.2 Å². The monoisotopic (exact) mass is 490 g/mol. The maximum absolute atomic E-state index is 12.9. The fraction of sp³-hybridized carbons (Fsp3) is 0.409. The number of thiophene rings is 1. The van der Waals surface area contributed by atoms with Gasteiger partial charge in [0.15, 0.2) is 0 Å². The van der Waals surface area contributed by atoms with Gasteiger partial charge in [-0.15, -0.1) is 11.3 Å². The molecule has 0 radical (unpaired) electrons. The van der Waals surface area contributed by atoms with Gasteiger partial charge in [0.05, 0.1) is 17.4 Å². The summed E-state index contributed by atoms with van der Waals surface area (Å²) in [7, 11) is 0. The van der Waals surface area contributed by atoms with Gasteiger partial charge in [0, 0.05) is 21.3 Å². The van der Waals surface area contributed by atoms with Gasteiger partial charge in [-0.3, -0.25) is 4.79 Å². The topological polar surface area (TPSA) is 77.0 Å². The van der Waals surface area contributed by atoms with Crippen molar-refractivity contribution in [2.75, 3.05) is 5.32 Å². The Balaban J connectivity index is 1.51. The average molecular weight is 491 g/mol. The van der Waals surface area contributed by atoms with Crippen LogP contribution in [0.25, 0.3) is 0 Å². The highest BCUT2D eigenvalue weighted by Crippen LogP contribution is 2.39. The zero-order valence-corrected chi connectivity index (χ0v) is 19.3. The molecule has 1 aliphatic carbocycles. The first-order valence-corrected chi connectivity index (χ1v) is 11.7. The van der Waals surface area contributed by atoms with Crippen molar-refractivity contribution in [3.63, 3.8) is 0 Å².